The number of hydrogen-bond acceptors (Lipinski definition) is 3. The largest absolute Gasteiger partial charge is 0.379 e. The minimum absolute atomic E-state index is 0.377. The van der Waals surface area contributed by atoms with Gasteiger partial charge in [0.1, 0.15) is 0 Å². The van der Waals surface area contributed by atoms with Crippen molar-refractivity contribution in [3.05, 3.63) is 0 Å². The monoisotopic (exact) mass is 228 g/mol. The van der Waals surface area contributed by atoms with Crippen LogP contribution >= 0.6 is 0 Å². The summed E-state index contributed by atoms with van der Waals surface area (Å²) < 4.78 is 5.56. The molecule has 1 saturated heterocycles. The van der Waals surface area contributed by atoms with E-state index in [1.807, 2.05) is 0 Å². The molecule has 1 aliphatic heterocycles. The molecule has 1 aliphatic rings. The van der Waals surface area contributed by atoms with Crippen LogP contribution in [-0.2, 0) is 4.74 Å². The van der Waals surface area contributed by atoms with Crippen molar-refractivity contribution in [1.29, 1.82) is 0 Å². The SMILES string of the molecule is CCNC1COCC1CN(C)CC(C)(C)C. The van der Waals surface area contributed by atoms with E-state index in [4.69, 9.17) is 4.74 Å². The fourth-order valence-corrected chi connectivity index (χ4v) is 2.54. The van der Waals surface area contributed by atoms with Crippen LogP contribution in [0.4, 0.5) is 0 Å². The molecule has 0 amide bonds. The Balaban J connectivity index is 2.35. The van der Waals surface area contributed by atoms with Crippen molar-refractivity contribution in [2.75, 3.05) is 39.9 Å². The van der Waals surface area contributed by atoms with Crippen LogP contribution in [0.1, 0.15) is 27.7 Å². The van der Waals surface area contributed by atoms with Gasteiger partial charge < -0.3 is 15.0 Å². The second-order valence-corrected chi connectivity index (χ2v) is 6.22. The molecule has 1 rings (SSSR count). The number of rotatable bonds is 5. The molecule has 3 heteroatoms. The van der Waals surface area contributed by atoms with Gasteiger partial charge in [-0.05, 0) is 19.0 Å². The van der Waals surface area contributed by atoms with Crippen molar-refractivity contribution in [3.63, 3.8) is 0 Å². The van der Waals surface area contributed by atoms with Crippen LogP contribution in [0, 0.1) is 11.3 Å². The van der Waals surface area contributed by atoms with Gasteiger partial charge in [-0.25, -0.2) is 0 Å². The maximum Gasteiger partial charge on any atom is 0.0623 e. The summed E-state index contributed by atoms with van der Waals surface area (Å²) in [5, 5.41) is 3.51. The third kappa shape index (κ3) is 4.81. The third-order valence-electron chi connectivity index (χ3n) is 2.96. The Labute approximate surface area is 101 Å². The fraction of sp³-hybridized carbons (Fsp3) is 1.00. The molecule has 0 aromatic carbocycles. The molecule has 0 bridgehead atoms. The van der Waals surface area contributed by atoms with E-state index in [2.05, 4.69) is 45.0 Å². The van der Waals surface area contributed by atoms with Gasteiger partial charge in [0, 0.05) is 25.0 Å². The fourth-order valence-electron chi connectivity index (χ4n) is 2.54. The zero-order valence-electron chi connectivity index (χ0n) is 11.5. The normalized spacial score (nSPS) is 26.6. The van der Waals surface area contributed by atoms with Gasteiger partial charge in [-0.2, -0.15) is 0 Å². The van der Waals surface area contributed by atoms with Crippen molar-refractivity contribution in [2.24, 2.45) is 11.3 Å². The standard InChI is InChI=1S/C13H28N2O/c1-6-14-12-9-16-8-11(12)7-15(5)10-13(2,3)4/h11-12,14H,6-10H2,1-5H3. The van der Waals surface area contributed by atoms with Crippen LogP contribution < -0.4 is 5.32 Å². The van der Waals surface area contributed by atoms with Crippen molar-refractivity contribution in [2.45, 2.75) is 33.7 Å². The molecular formula is C13H28N2O. The summed E-state index contributed by atoms with van der Waals surface area (Å²) in [7, 11) is 2.21. The summed E-state index contributed by atoms with van der Waals surface area (Å²) in [6.07, 6.45) is 0. The molecule has 96 valence electrons. The second-order valence-electron chi connectivity index (χ2n) is 6.22. The van der Waals surface area contributed by atoms with Crippen LogP contribution in [0.25, 0.3) is 0 Å². The first-order valence-electron chi connectivity index (χ1n) is 6.42. The average molecular weight is 228 g/mol. The molecule has 0 aliphatic carbocycles. The lowest BCUT2D eigenvalue weighted by Crippen LogP contribution is -2.42. The van der Waals surface area contributed by atoms with Gasteiger partial charge in [-0.1, -0.05) is 27.7 Å². The summed E-state index contributed by atoms with van der Waals surface area (Å²) in [4.78, 5) is 2.43. The molecule has 0 aromatic heterocycles. The number of likely N-dealkylation sites (N-methyl/N-ethyl adjacent to an activating group) is 1. The summed E-state index contributed by atoms with van der Waals surface area (Å²) in [5.74, 6) is 0.646. The zero-order valence-corrected chi connectivity index (χ0v) is 11.5. The van der Waals surface area contributed by atoms with Gasteiger partial charge in [0.15, 0.2) is 0 Å². The molecule has 1 heterocycles. The summed E-state index contributed by atoms with van der Waals surface area (Å²) >= 11 is 0. The minimum Gasteiger partial charge on any atom is -0.379 e. The highest BCUT2D eigenvalue weighted by molar-refractivity contribution is 4.83. The lowest BCUT2D eigenvalue weighted by molar-refractivity contribution is 0.160. The van der Waals surface area contributed by atoms with Crippen molar-refractivity contribution >= 4 is 0 Å². The van der Waals surface area contributed by atoms with E-state index in [-0.39, 0.29) is 0 Å². The van der Waals surface area contributed by atoms with E-state index in [9.17, 15) is 0 Å². The zero-order chi connectivity index (χ0) is 12.2. The summed E-state index contributed by atoms with van der Waals surface area (Å²) in [6, 6.07) is 0.549. The summed E-state index contributed by atoms with van der Waals surface area (Å²) in [6.45, 7) is 14.1. The number of nitrogens with zero attached hydrogens (tertiary/aromatic N) is 1. The van der Waals surface area contributed by atoms with E-state index in [0.29, 0.717) is 17.4 Å². The molecule has 1 N–H and O–H groups in total. The van der Waals surface area contributed by atoms with E-state index < -0.39 is 0 Å². The molecule has 2 unspecified atom stereocenters. The predicted molar refractivity (Wildman–Crippen MR) is 68.7 cm³/mol. The van der Waals surface area contributed by atoms with Crippen LogP contribution in [0.2, 0.25) is 0 Å². The maximum atomic E-state index is 5.56. The van der Waals surface area contributed by atoms with E-state index in [0.717, 1.165) is 32.8 Å². The first kappa shape index (κ1) is 13.9. The Morgan fingerprint density at radius 2 is 2.00 bits per heavy atom. The smallest absolute Gasteiger partial charge is 0.0623 e. The van der Waals surface area contributed by atoms with Gasteiger partial charge in [-0.3, -0.25) is 0 Å². The van der Waals surface area contributed by atoms with Crippen LogP contribution in [0.15, 0.2) is 0 Å². The predicted octanol–water partition coefficient (Wildman–Crippen LogP) is 1.59. The van der Waals surface area contributed by atoms with Gasteiger partial charge in [-0.15, -0.1) is 0 Å². The lowest BCUT2D eigenvalue weighted by Gasteiger charge is -2.30. The number of nitrogens with one attached hydrogen (secondary N) is 1. The third-order valence-corrected chi connectivity index (χ3v) is 2.96. The van der Waals surface area contributed by atoms with E-state index >= 15 is 0 Å². The van der Waals surface area contributed by atoms with Crippen LogP contribution in [-0.4, -0.2) is 50.8 Å². The molecule has 2 atom stereocenters. The summed E-state index contributed by atoms with van der Waals surface area (Å²) in [5.41, 5.74) is 0.377. The Morgan fingerprint density at radius 1 is 1.31 bits per heavy atom. The van der Waals surface area contributed by atoms with Crippen LogP contribution in [0.3, 0.4) is 0 Å². The minimum atomic E-state index is 0.377. The maximum absolute atomic E-state index is 5.56. The van der Waals surface area contributed by atoms with E-state index in [1.165, 1.54) is 0 Å². The van der Waals surface area contributed by atoms with E-state index in [1.54, 1.807) is 0 Å². The first-order chi connectivity index (χ1) is 7.42. The molecule has 1 fully saturated rings. The van der Waals surface area contributed by atoms with Crippen molar-refractivity contribution < 1.29 is 4.74 Å². The van der Waals surface area contributed by atoms with Gasteiger partial charge in [0.25, 0.3) is 0 Å². The van der Waals surface area contributed by atoms with Gasteiger partial charge >= 0.3 is 0 Å². The number of hydrogen-bond donors (Lipinski definition) is 1. The molecule has 0 aromatic rings. The molecule has 0 radical (unpaired) electrons. The highest BCUT2D eigenvalue weighted by Gasteiger charge is 2.29. The first-order valence-corrected chi connectivity index (χ1v) is 6.42. The Kier molecular flexibility index (Phi) is 5.22. The molecular weight excluding hydrogens is 200 g/mol. The Morgan fingerprint density at radius 3 is 2.56 bits per heavy atom. The Bertz CT molecular complexity index is 201. The average Bonchev–Trinajstić information content (AvgIpc) is 2.50. The van der Waals surface area contributed by atoms with Crippen molar-refractivity contribution in [3.8, 4) is 0 Å². The van der Waals surface area contributed by atoms with Gasteiger partial charge in [0.2, 0.25) is 0 Å². The van der Waals surface area contributed by atoms with Crippen LogP contribution in [0.5, 0.6) is 0 Å². The lowest BCUT2D eigenvalue weighted by atomic mass is 9.95. The molecule has 0 saturated carbocycles. The molecule has 0 spiro atoms. The highest BCUT2D eigenvalue weighted by atomic mass is 16.5. The Hall–Kier alpha value is -0.120. The second kappa shape index (κ2) is 5.99. The van der Waals surface area contributed by atoms with Crippen molar-refractivity contribution in [1.82, 2.24) is 10.2 Å². The molecule has 16 heavy (non-hydrogen) atoms. The quantitative estimate of drug-likeness (QED) is 0.773. The molecule has 3 nitrogen and oxygen atoms in total. The topological polar surface area (TPSA) is 24.5 Å². The van der Waals surface area contributed by atoms with Gasteiger partial charge in [0.05, 0.1) is 13.2 Å². The highest BCUT2D eigenvalue weighted by Crippen LogP contribution is 2.18. The number of ether oxygens (including phenoxy) is 1.